The molecule has 16 heavy (non-hydrogen) atoms. The second-order valence-electron chi connectivity index (χ2n) is 3.51. The topological polar surface area (TPSA) is 53.7 Å². The molecule has 1 aliphatic rings. The molecule has 0 saturated heterocycles. The zero-order valence-electron chi connectivity index (χ0n) is 9.09. The molecule has 88 valence electrons. The Morgan fingerprint density at radius 3 is 3.00 bits per heavy atom. The van der Waals surface area contributed by atoms with E-state index in [1.54, 1.807) is 6.07 Å². The van der Waals surface area contributed by atoms with E-state index in [-0.39, 0.29) is 18.3 Å². The van der Waals surface area contributed by atoms with Crippen molar-refractivity contribution in [2.45, 2.75) is 12.8 Å². The van der Waals surface area contributed by atoms with Gasteiger partial charge in [0.05, 0.1) is 7.11 Å². The fourth-order valence-electron chi connectivity index (χ4n) is 1.73. The molecule has 1 heterocycles. The fourth-order valence-corrected chi connectivity index (χ4v) is 1.73. The molecular weight excluding hydrogens is 213 g/mol. The molecule has 0 bridgehead atoms. The van der Waals surface area contributed by atoms with E-state index < -0.39 is 5.82 Å². The number of fused-ring (bicyclic) bond motifs is 1. The Labute approximate surface area is 93.1 Å². The number of hydrogen-bond donors (Lipinski definition) is 1. The summed E-state index contributed by atoms with van der Waals surface area (Å²) in [6, 6.07) is 1.75. The van der Waals surface area contributed by atoms with E-state index in [0.717, 1.165) is 12.0 Å². The van der Waals surface area contributed by atoms with Gasteiger partial charge in [0.15, 0.2) is 11.5 Å². The summed E-state index contributed by atoms with van der Waals surface area (Å²) in [7, 11) is 1.44. The maximum absolute atomic E-state index is 13.9. The first-order chi connectivity index (χ1) is 7.77. The molecule has 0 aromatic heterocycles. The van der Waals surface area contributed by atoms with E-state index in [0.29, 0.717) is 18.7 Å². The normalized spacial score (nSPS) is 12.9. The minimum atomic E-state index is -0.496. The number of nitrogens with two attached hydrogens (primary N) is 1. The standard InChI is InChI=1S/C11H14FNO3/c1-14-10-7(3-2-4-13)5-8-11(9(10)12)16-6-15-8/h5H,2-4,6,13H2,1H3. The number of methoxy groups -OCH3 is 1. The molecule has 1 aromatic carbocycles. The number of hydrogen-bond acceptors (Lipinski definition) is 4. The predicted molar refractivity (Wildman–Crippen MR) is 56.5 cm³/mol. The van der Waals surface area contributed by atoms with Crippen molar-refractivity contribution in [2.24, 2.45) is 5.73 Å². The van der Waals surface area contributed by atoms with Gasteiger partial charge in [0.1, 0.15) is 0 Å². The molecule has 0 fully saturated rings. The van der Waals surface area contributed by atoms with Gasteiger partial charge >= 0.3 is 0 Å². The van der Waals surface area contributed by atoms with Crippen LogP contribution >= 0.6 is 0 Å². The average Bonchev–Trinajstić information content (AvgIpc) is 2.75. The maximum Gasteiger partial charge on any atom is 0.231 e. The van der Waals surface area contributed by atoms with Crippen molar-refractivity contribution in [3.8, 4) is 17.2 Å². The molecular formula is C11H14FNO3. The lowest BCUT2D eigenvalue weighted by Gasteiger charge is -2.10. The van der Waals surface area contributed by atoms with Gasteiger partial charge in [-0.3, -0.25) is 0 Å². The third kappa shape index (κ3) is 1.78. The minimum Gasteiger partial charge on any atom is -0.493 e. The van der Waals surface area contributed by atoms with E-state index >= 15 is 0 Å². The number of halogens is 1. The van der Waals surface area contributed by atoms with Gasteiger partial charge in [0, 0.05) is 5.56 Å². The van der Waals surface area contributed by atoms with Crippen molar-refractivity contribution in [1.82, 2.24) is 0 Å². The van der Waals surface area contributed by atoms with Gasteiger partial charge in [-0.1, -0.05) is 0 Å². The van der Waals surface area contributed by atoms with Crippen LogP contribution in [0.2, 0.25) is 0 Å². The Morgan fingerprint density at radius 1 is 1.50 bits per heavy atom. The molecule has 2 N–H and O–H groups in total. The Balaban J connectivity index is 2.39. The lowest BCUT2D eigenvalue weighted by atomic mass is 10.1. The van der Waals surface area contributed by atoms with Crippen LogP contribution in [0.15, 0.2) is 6.07 Å². The van der Waals surface area contributed by atoms with Crippen molar-refractivity contribution >= 4 is 0 Å². The lowest BCUT2D eigenvalue weighted by Crippen LogP contribution is -2.03. The summed E-state index contributed by atoms with van der Waals surface area (Å²) in [4.78, 5) is 0. The maximum atomic E-state index is 13.9. The molecule has 5 heteroatoms. The quantitative estimate of drug-likeness (QED) is 0.846. The molecule has 0 radical (unpaired) electrons. The molecule has 0 spiro atoms. The van der Waals surface area contributed by atoms with Crippen molar-refractivity contribution in [3.63, 3.8) is 0 Å². The van der Waals surface area contributed by atoms with Crippen LogP contribution in [0.4, 0.5) is 4.39 Å². The van der Waals surface area contributed by atoms with Crippen molar-refractivity contribution in [1.29, 1.82) is 0 Å². The van der Waals surface area contributed by atoms with Crippen molar-refractivity contribution in [2.75, 3.05) is 20.4 Å². The summed E-state index contributed by atoms with van der Waals surface area (Å²) in [6.45, 7) is 0.606. The van der Waals surface area contributed by atoms with Crippen LogP contribution in [-0.4, -0.2) is 20.4 Å². The highest BCUT2D eigenvalue weighted by Gasteiger charge is 2.24. The Kier molecular flexibility index (Phi) is 3.14. The van der Waals surface area contributed by atoms with Gasteiger partial charge in [-0.25, -0.2) is 0 Å². The third-order valence-electron chi connectivity index (χ3n) is 2.49. The van der Waals surface area contributed by atoms with Crippen LogP contribution < -0.4 is 19.9 Å². The van der Waals surface area contributed by atoms with Gasteiger partial charge in [-0.05, 0) is 25.5 Å². The second kappa shape index (κ2) is 4.57. The van der Waals surface area contributed by atoms with Gasteiger partial charge in [0.25, 0.3) is 0 Å². The summed E-state index contributed by atoms with van der Waals surface area (Å²) in [5, 5.41) is 0. The van der Waals surface area contributed by atoms with Crippen LogP contribution in [-0.2, 0) is 6.42 Å². The van der Waals surface area contributed by atoms with E-state index in [1.807, 2.05) is 0 Å². The summed E-state index contributed by atoms with van der Waals surface area (Å²) < 4.78 is 29.1. The van der Waals surface area contributed by atoms with Crippen LogP contribution in [0.25, 0.3) is 0 Å². The average molecular weight is 227 g/mol. The fraction of sp³-hybridized carbons (Fsp3) is 0.455. The van der Waals surface area contributed by atoms with E-state index in [4.69, 9.17) is 19.9 Å². The Morgan fingerprint density at radius 2 is 2.31 bits per heavy atom. The first-order valence-electron chi connectivity index (χ1n) is 5.13. The molecule has 1 aliphatic heterocycles. The summed E-state index contributed by atoms with van der Waals surface area (Å²) in [6.07, 6.45) is 1.43. The number of benzene rings is 1. The van der Waals surface area contributed by atoms with Crippen LogP contribution in [0, 0.1) is 5.82 Å². The molecule has 4 nitrogen and oxygen atoms in total. The Hall–Kier alpha value is -1.49. The molecule has 0 unspecified atom stereocenters. The SMILES string of the molecule is COc1c(CCCN)cc2c(c1F)OCO2. The van der Waals surface area contributed by atoms with Crippen molar-refractivity contribution in [3.05, 3.63) is 17.4 Å². The predicted octanol–water partition coefficient (Wildman–Crippen LogP) is 1.45. The molecule has 0 aliphatic carbocycles. The molecule has 2 rings (SSSR count). The monoisotopic (exact) mass is 227 g/mol. The second-order valence-corrected chi connectivity index (χ2v) is 3.51. The highest BCUT2D eigenvalue weighted by Crippen LogP contribution is 2.42. The molecule has 0 atom stereocenters. The van der Waals surface area contributed by atoms with Crippen LogP contribution in [0.1, 0.15) is 12.0 Å². The zero-order valence-corrected chi connectivity index (χ0v) is 9.09. The zero-order chi connectivity index (χ0) is 11.5. The lowest BCUT2D eigenvalue weighted by molar-refractivity contribution is 0.170. The van der Waals surface area contributed by atoms with Gasteiger partial charge < -0.3 is 19.9 Å². The smallest absolute Gasteiger partial charge is 0.231 e. The van der Waals surface area contributed by atoms with Gasteiger partial charge in [0.2, 0.25) is 18.4 Å². The summed E-state index contributed by atoms with van der Waals surface area (Å²) >= 11 is 0. The van der Waals surface area contributed by atoms with Crippen LogP contribution in [0.5, 0.6) is 17.2 Å². The third-order valence-corrected chi connectivity index (χ3v) is 2.49. The van der Waals surface area contributed by atoms with E-state index in [2.05, 4.69) is 0 Å². The number of rotatable bonds is 4. The number of aryl methyl sites for hydroxylation is 1. The molecule has 0 amide bonds. The first-order valence-corrected chi connectivity index (χ1v) is 5.13. The summed E-state index contributed by atoms with van der Waals surface area (Å²) in [5.41, 5.74) is 6.19. The largest absolute Gasteiger partial charge is 0.493 e. The Bertz CT molecular complexity index is 395. The first kappa shape index (κ1) is 11.0. The van der Waals surface area contributed by atoms with Gasteiger partial charge in [-0.15, -0.1) is 0 Å². The van der Waals surface area contributed by atoms with Crippen LogP contribution in [0.3, 0.4) is 0 Å². The molecule has 0 saturated carbocycles. The van der Waals surface area contributed by atoms with Gasteiger partial charge in [-0.2, -0.15) is 4.39 Å². The van der Waals surface area contributed by atoms with E-state index in [9.17, 15) is 4.39 Å². The minimum absolute atomic E-state index is 0.0513. The van der Waals surface area contributed by atoms with E-state index in [1.165, 1.54) is 7.11 Å². The number of ether oxygens (including phenoxy) is 3. The molecule has 1 aromatic rings. The highest BCUT2D eigenvalue weighted by molar-refractivity contribution is 5.53. The highest BCUT2D eigenvalue weighted by atomic mass is 19.1. The van der Waals surface area contributed by atoms with Crippen molar-refractivity contribution < 1.29 is 18.6 Å². The summed E-state index contributed by atoms with van der Waals surface area (Å²) in [5.74, 6) is 0.292.